The van der Waals surface area contributed by atoms with Crippen LogP contribution in [0.25, 0.3) is 0 Å². The second kappa shape index (κ2) is 6.73. The summed E-state index contributed by atoms with van der Waals surface area (Å²) in [5.41, 5.74) is 3.65. The van der Waals surface area contributed by atoms with E-state index >= 15 is 0 Å². The first-order valence-electron chi connectivity index (χ1n) is 5.80. The zero-order chi connectivity index (χ0) is 13.0. The molecule has 0 bridgehead atoms. The van der Waals surface area contributed by atoms with E-state index in [1.807, 2.05) is 11.8 Å². The summed E-state index contributed by atoms with van der Waals surface area (Å²) in [6.45, 7) is 0.741. The highest BCUT2D eigenvalue weighted by Crippen LogP contribution is 2.22. The maximum atomic E-state index is 13.0. The van der Waals surface area contributed by atoms with E-state index in [0.29, 0.717) is 11.4 Å². The Morgan fingerprint density at radius 1 is 1.61 bits per heavy atom. The van der Waals surface area contributed by atoms with E-state index in [2.05, 4.69) is 5.43 Å². The monoisotopic (exact) mass is 290 g/mol. The summed E-state index contributed by atoms with van der Waals surface area (Å²) in [5, 5.41) is 0.429. The average molecular weight is 291 g/mol. The van der Waals surface area contributed by atoms with Crippen LogP contribution >= 0.6 is 23.4 Å². The first kappa shape index (κ1) is 14.1. The predicted molar refractivity (Wildman–Crippen MR) is 73.3 cm³/mol. The van der Waals surface area contributed by atoms with Gasteiger partial charge in [0.05, 0.1) is 18.8 Å². The summed E-state index contributed by atoms with van der Waals surface area (Å²) in [4.78, 5) is 0. The van der Waals surface area contributed by atoms with E-state index in [0.717, 1.165) is 23.7 Å². The third-order valence-electron chi connectivity index (χ3n) is 2.96. The first-order valence-corrected chi connectivity index (χ1v) is 7.33. The fourth-order valence-electron chi connectivity index (χ4n) is 1.96. The molecule has 0 radical (unpaired) electrons. The van der Waals surface area contributed by atoms with Crippen molar-refractivity contribution in [1.82, 2.24) is 5.43 Å². The molecule has 18 heavy (non-hydrogen) atoms. The molecule has 1 saturated heterocycles. The van der Waals surface area contributed by atoms with Crippen LogP contribution in [0.1, 0.15) is 5.56 Å². The molecule has 2 rings (SSSR count). The highest BCUT2D eigenvalue weighted by atomic mass is 35.5. The summed E-state index contributed by atoms with van der Waals surface area (Å²) in [6.07, 6.45) is 0.691. The molecule has 1 aliphatic rings. The lowest BCUT2D eigenvalue weighted by Gasteiger charge is -2.30. The molecule has 1 fully saturated rings. The van der Waals surface area contributed by atoms with Crippen LogP contribution in [-0.4, -0.2) is 30.3 Å². The first-order chi connectivity index (χ1) is 8.70. The second-order valence-corrected chi connectivity index (χ2v) is 5.75. The molecule has 1 aromatic carbocycles. The van der Waals surface area contributed by atoms with E-state index in [9.17, 15) is 4.39 Å². The number of ether oxygens (including phenoxy) is 1. The largest absolute Gasteiger partial charge is 0.375 e. The third kappa shape index (κ3) is 3.59. The van der Waals surface area contributed by atoms with Gasteiger partial charge in [0.15, 0.2) is 0 Å². The standard InChI is InChI=1S/C12H16ClFN2OS/c13-10-6-9(14)2-1-8(10)5-11(16-15)12-7-18-4-3-17-12/h1-2,6,11-12,16H,3-5,7,15H2. The van der Waals surface area contributed by atoms with Crippen molar-refractivity contribution in [3.63, 3.8) is 0 Å². The second-order valence-electron chi connectivity index (χ2n) is 4.20. The van der Waals surface area contributed by atoms with Gasteiger partial charge in [0.1, 0.15) is 5.82 Å². The fraction of sp³-hybridized carbons (Fsp3) is 0.500. The Morgan fingerprint density at radius 3 is 3.06 bits per heavy atom. The number of hydrogen-bond acceptors (Lipinski definition) is 4. The van der Waals surface area contributed by atoms with Gasteiger partial charge in [0.2, 0.25) is 0 Å². The number of thioether (sulfide) groups is 1. The molecule has 0 saturated carbocycles. The van der Waals surface area contributed by atoms with Crippen LogP contribution in [0.4, 0.5) is 4.39 Å². The van der Waals surface area contributed by atoms with Crippen LogP contribution in [0, 0.1) is 5.82 Å². The molecule has 6 heteroatoms. The van der Waals surface area contributed by atoms with E-state index in [-0.39, 0.29) is 18.0 Å². The quantitative estimate of drug-likeness (QED) is 0.658. The molecular weight excluding hydrogens is 275 g/mol. The Balaban J connectivity index is 2.04. The Morgan fingerprint density at radius 2 is 2.44 bits per heavy atom. The molecule has 100 valence electrons. The van der Waals surface area contributed by atoms with E-state index in [1.165, 1.54) is 12.1 Å². The maximum Gasteiger partial charge on any atom is 0.124 e. The lowest BCUT2D eigenvalue weighted by atomic mass is 10.0. The van der Waals surface area contributed by atoms with Crippen LogP contribution in [0.5, 0.6) is 0 Å². The van der Waals surface area contributed by atoms with Gasteiger partial charge in [-0.05, 0) is 24.1 Å². The van der Waals surface area contributed by atoms with E-state index in [1.54, 1.807) is 6.07 Å². The zero-order valence-corrected chi connectivity index (χ0v) is 11.4. The Hall–Kier alpha value is -0.330. The zero-order valence-electron chi connectivity index (χ0n) is 9.86. The molecule has 1 heterocycles. The van der Waals surface area contributed by atoms with Gasteiger partial charge in [-0.1, -0.05) is 17.7 Å². The van der Waals surface area contributed by atoms with Crippen LogP contribution in [-0.2, 0) is 11.2 Å². The molecule has 0 amide bonds. The van der Waals surface area contributed by atoms with Crippen LogP contribution in [0.3, 0.4) is 0 Å². The van der Waals surface area contributed by atoms with Crippen molar-refractivity contribution in [1.29, 1.82) is 0 Å². The summed E-state index contributed by atoms with van der Waals surface area (Å²) in [7, 11) is 0. The van der Waals surface area contributed by atoms with Gasteiger partial charge in [-0.3, -0.25) is 11.3 Å². The van der Waals surface area contributed by atoms with Crippen LogP contribution in [0.15, 0.2) is 18.2 Å². The van der Waals surface area contributed by atoms with E-state index in [4.69, 9.17) is 22.2 Å². The molecule has 1 aliphatic heterocycles. The molecule has 0 aromatic heterocycles. The number of hydrogen-bond donors (Lipinski definition) is 2. The highest BCUT2D eigenvalue weighted by Gasteiger charge is 2.24. The molecule has 3 N–H and O–H groups in total. The van der Waals surface area contributed by atoms with Gasteiger partial charge >= 0.3 is 0 Å². The Kier molecular flexibility index (Phi) is 5.26. The van der Waals surface area contributed by atoms with Gasteiger partial charge in [-0.15, -0.1) is 0 Å². The summed E-state index contributed by atoms with van der Waals surface area (Å²) < 4.78 is 18.7. The summed E-state index contributed by atoms with van der Waals surface area (Å²) in [6, 6.07) is 4.41. The van der Waals surface area contributed by atoms with Crippen molar-refractivity contribution in [3.8, 4) is 0 Å². The van der Waals surface area contributed by atoms with Crippen molar-refractivity contribution >= 4 is 23.4 Å². The van der Waals surface area contributed by atoms with Gasteiger partial charge in [0, 0.05) is 16.5 Å². The number of benzene rings is 1. The van der Waals surface area contributed by atoms with Gasteiger partial charge in [-0.2, -0.15) is 11.8 Å². The van der Waals surface area contributed by atoms with Crippen LogP contribution in [0.2, 0.25) is 5.02 Å². The Labute approximate surface area is 115 Å². The number of rotatable bonds is 4. The molecular formula is C12H16ClFN2OS. The molecule has 2 atom stereocenters. The van der Waals surface area contributed by atoms with E-state index < -0.39 is 0 Å². The predicted octanol–water partition coefficient (Wildman–Crippen LogP) is 1.99. The number of hydrazine groups is 1. The normalized spacial score (nSPS) is 21.8. The Bertz CT molecular complexity index is 402. The minimum atomic E-state index is -0.328. The number of nitrogens with two attached hydrogens (primary N) is 1. The third-order valence-corrected chi connectivity index (χ3v) is 4.33. The molecule has 1 aromatic rings. The summed E-state index contributed by atoms with van der Waals surface area (Å²) >= 11 is 7.87. The van der Waals surface area contributed by atoms with Gasteiger partial charge < -0.3 is 4.74 Å². The average Bonchev–Trinajstić information content (AvgIpc) is 2.39. The number of halogens is 2. The maximum absolute atomic E-state index is 13.0. The van der Waals surface area contributed by atoms with Crippen molar-refractivity contribution in [2.24, 2.45) is 5.84 Å². The van der Waals surface area contributed by atoms with Gasteiger partial charge in [-0.25, -0.2) is 4.39 Å². The fourth-order valence-corrected chi connectivity index (χ4v) is 3.15. The van der Waals surface area contributed by atoms with Crippen LogP contribution < -0.4 is 11.3 Å². The topological polar surface area (TPSA) is 47.3 Å². The van der Waals surface area contributed by atoms with Crippen molar-refractivity contribution in [3.05, 3.63) is 34.6 Å². The van der Waals surface area contributed by atoms with Crippen molar-refractivity contribution in [2.75, 3.05) is 18.1 Å². The molecule has 3 nitrogen and oxygen atoms in total. The highest BCUT2D eigenvalue weighted by molar-refractivity contribution is 7.99. The lowest BCUT2D eigenvalue weighted by Crippen LogP contribution is -2.49. The molecule has 0 spiro atoms. The molecule has 2 unspecified atom stereocenters. The van der Waals surface area contributed by atoms with Gasteiger partial charge in [0.25, 0.3) is 0 Å². The van der Waals surface area contributed by atoms with Crippen molar-refractivity contribution in [2.45, 2.75) is 18.6 Å². The smallest absolute Gasteiger partial charge is 0.124 e. The SMILES string of the molecule is NNC(Cc1ccc(F)cc1Cl)C1CSCCO1. The number of nitrogens with one attached hydrogen (secondary N) is 1. The minimum absolute atomic E-state index is 0.0132. The van der Waals surface area contributed by atoms with Crippen molar-refractivity contribution < 1.29 is 9.13 Å². The summed E-state index contributed by atoms with van der Waals surface area (Å²) in [5.74, 6) is 7.18. The lowest BCUT2D eigenvalue weighted by molar-refractivity contribution is 0.0472. The molecule has 0 aliphatic carbocycles. The minimum Gasteiger partial charge on any atom is -0.375 e.